The average molecular weight is 331 g/mol. The summed E-state index contributed by atoms with van der Waals surface area (Å²) in [7, 11) is 3.06. The van der Waals surface area contributed by atoms with Crippen LogP contribution in [-0.2, 0) is 4.79 Å². The highest BCUT2D eigenvalue weighted by molar-refractivity contribution is 5.92. The number of hydrogen-bond acceptors (Lipinski definition) is 5. The fraction of sp³-hybridized carbons (Fsp3) is 0.278. The van der Waals surface area contributed by atoms with E-state index < -0.39 is 0 Å². The summed E-state index contributed by atoms with van der Waals surface area (Å²) < 4.78 is 21.4. The van der Waals surface area contributed by atoms with Gasteiger partial charge in [-0.3, -0.25) is 4.79 Å². The molecule has 1 N–H and O–H groups in total. The highest BCUT2D eigenvalue weighted by Crippen LogP contribution is 2.36. The number of carbonyl (C=O) groups is 1. The van der Waals surface area contributed by atoms with Crippen LogP contribution in [0.25, 0.3) is 0 Å². The predicted octanol–water partition coefficient (Wildman–Crippen LogP) is 3.12. The molecule has 6 nitrogen and oxygen atoms in total. The molecule has 2 aromatic carbocycles. The fourth-order valence-corrected chi connectivity index (χ4v) is 2.10. The number of para-hydroxylation sites is 1. The molecule has 128 valence electrons. The third kappa shape index (κ3) is 4.55. The summed E-state index contributed by atoms with van der Waals surface area (Å²) in [5, 5.41) is 2.76. The minimum absolute atomic E-state index is 0.163. The lowest BCUT2D eigenvalue weighted by Crippen LogP contribution is -2.20. The molecule has 0 atom stereocenters. The van der Waals surface area contributed by atoms with Crippen LogP contribution in [0.4, 0.5) is 5.69 Å². The molecule has 1 amide bonds. The van der Waals surface area contributed by atoms with E-state index in [9.17, 15) is 4.79 Å². The molecule has 0 aromatic heterocycles. The molecule has 0 spiro atoms. The lowest BCUT2D eigenvalue weighted by molar-refractivity contribution is -0.118. The third-order valence-electron chi connectivity index (χ3n) is 3.18. The molecule has 0 fully saturated rings. The van der Waals surface area contributed by atoms with Crippen LogP contribution in [0.3, 0.4) is 0 Å². The maximum absolute atomic E-state index is 12.0. The molecule has 0 aliphatic heterocycles. The predicted molar refractivity (Wildman–Crippen MR) is 91.3 cm³/mol. The monoisotopic (exact) mass is 331 g/mol. The van der Waals surface area contributed by atoms with Crippen LogP contribution >= 0.6 is 0 Å². The molecule has 24 heavy (non-hydrogen) atoms. The smallest absolute Gasteiger partial charge is 0.262 e. The van der Waals surface area contributed by atoms with Crippen LogP contribution in [0, 0.1) is 0 Å². The highest BCUT2D eigenvalue weighted by Gasteiger charge is 2.13. The lowest BCUT2D eigenvalue weighted by atomic mass is 10.3. The Labute approximate surface area is 141 Å². The summed E-state index contributed by atoms with van der Waals surface area (Å²) in [5.74, 6) is 1.87. The first-order valence-electron chi connectivity index (χ1n) is 7.54. The van der Waals surface area contributed by atoms with Crippen molar-refractivity contribution in [2.75, 3.05) is 32.8 Å². The van der Waals surface area contributed by atoms with Gasteiger partial charge in [0.2, 0.25) is 5.75 Å². The van der Waals surface area contributed by atoms with E-state index in [2.05, 4.69) is 5.32 Å². The largest absolute Gasteiger partial charge is 0.494 e. The summed E-state index contributed by atoms with van der Waals surface area (Å²) in [5.41, 5.74) is 0.666. The molecule has 2 rings (SSSR count). The van der Waals surface area contributed by atoms with Crippen molar-refractivity contribution < 1.29 is 23.7 Å². The van der Waals surface area contributed by atoms with E-state index in [1.165, 1.54) is 14.2 Å². The first kappa shape index (κ1) is 17.5. The molecule has 0 aliphatic carbocycles. The second-order valence-corrected chi connectivity index (χ2v) is 4.79. The van der Waals surface area contributed by atoms with E-state index in [4.69, 9.17) is 18.9 Å². The second-order valence-electron chi connectivity index (χ2n) is 4.79. The zero-order chi connectivity index (χ0) is 17.4. The number of amides is 1. The molecule has 0 saturated carbocycles. The van der Waals surface area contributed by atoms with Crippen molar-refractivity contribution in [2.45, 2.75) is 6.92 Å². The maximum Gasteiger partial charge on any atom is 0.262 e. The van der Waals surface area contributed by atoms with Gasteiger partial charge >= 0.3 is 0 Å². The number of ether oxygens (including phenoxy) is 4. The molecular formula is C18H21NO5. The maximum atomic E-state index is 12.0. The Morgan fingerprint density at radius 1 is 0.958 bits per heavy atom. The molecule has 0 radical (unpaired) electrons. The van der Waals surface area contributed by atoms with Crippen molar-refractivity contribution in [3.63, 3.8) is 0 Å². The third-order valence-corrected chi connectivity index (χ3v) is 3.18. The normalized spacial score (nSPS) is 9.96. The number of benzene rings is 2. The minimum Gasteiger partial charge on any atom is -0.494 e. The van der Waals surface area contributed by atoms with Gasteiger partial charge in [-0.1, -0.05) is 6.07 Å². The number of rotatable bonds is 8. The van der Waals surface area contributed by atoms with Gasteiger partial charge in [0.15, 0.2) is 18.1 Å². The number of carbonyl (C=O) groups excluding carboxylic acids is 1. The summed E-state index contributed by atoms with van der Waals surface area (Å²) in [6, 6.07) is 12.4. The van der Waals surface area contributed by atoms with E-state index in [0.29, 0.717) is 29.5 Å². The van der Waals surface area contributed by atoms with E-state index in [1.807, 2.05) is 6.92 Å². The Balaban J connectivity index is 1.96. The first-order chi connectivity index (χ1) is 11.7. The summed E-state index contributed by atoms with van der Waals surface area (Å²) in [6.07, 6.45) is 0. The minimum atomic E-state index is -0.285. The highest BCUT2D eigenvalue weighted by atomic mass is 16.5. The van der Waals surface area contributed by atoms with Gasteiger partial charge in [-0.15, -0.1) is 0 Å². The van der Waals surface area contributed by atoms with Crippen molar-refractivity contribution >= 4 is 11.6 Å². The number of nitrogens with one attached hydrogen (secondary N) is 1. The fourth-order valence-electron chi connectivity index (χ4n) is 2.10. The Hall–Kier alpha value is -2.89. The molecule has 0 saturated heterocycles. The van der Waals surface area contributed by atoms with E-state index in [0.717, 1.165) is 5.75 Å². The number of methoxy groups -OCH3 is 2. The van der Waals surface area contributed by atoms with Gasteiger partial charge in [0.05, 0.1) is 20.8 Å². The standard InChI is InChI=1S/C18H21NO5/c1-4-23-14-10-8-13(9-11-14)19-17(20)12-24-18-15(21-2)6-5-7-16(18)22-3/h5-11H,4,12H2,1-3H3,(H,19,20). The van der Waals surface area contributed by atoms with Gasteiger partial charge in [0.25, 0.3) is 5.91 Å². The summed E-state index contributed by atoms with van der Waals surface area (Å²) in [4.78, 5) is 12.0. The quantitative estimate of drug-likeness (QED) is 0.805. The molecule has 2 aromatic rings. The molecule has 0 aliphatic rings. The van der Waals surface area contributed by atoms with Gasteiger partial charge < -0.3 is 24.3 Å². The van der Waals surface area contributed by atoms with Crippen LogP contribution < -0.4 is 24.3 Å². The van der Waals surface area contributed by atoms with Crippen molar-refractivity contribution in [2.24, 2.45) is 0 Å². The van der Waals surface area contributed by atoms with Crippen LogP contribution in [0.2, 0.25) is 0 Å². The van der Waals surface area contributed by atoms with Crippen molar-refractivity contribution in [1.29, 1.82) is 0 Å². The average Bonchev–Trinajstić information content (AvgIpc) is 2.61. The van der Waals surface area contributed by atoms with E-state index in [1.54, 1.807) is 42.5 Å². The Bertz CT molecular complexity index is 647. The molecule has 0 unspecified atom stereocenters. The van der Waals surface area contributed by atoms with Crippen molar-refractivity contribution in [1.82, 2.24) is 0 Å². The van der Waals surface area contributed by atoms with Gasteiger partial charge in [-0.2, -0.15) is 0 Å². The second kappa shape index (κ2) is 8.67. The van der Waals surface area contributed by atoms with Gasteiger partial charge in [0, 0.05) is 5.69 Å². The van der Waals surface area contributed by atoms with Crippen LogP contribution in [0.15, 0.2) is 42.5 Å². The van der Waals surface area contributed by atoms with Gasteiger partial charge in [0.1, 0.15) is 5.75 Å². The van der Waals surface area contributed by atoms with Crippen molar-refractivity contribution in [3.05, 3.63) is 42.5 Å². The van der Waals surface area contributed by atoms with Crippen LogP contribution in [-0.4, -0.2) is 33.3 Å². The Kier molecular flexibility index (Phi) is 6.31. The Morgan fingerprint density at radius 2 is 1.58 bits per heavy atom. The van der Waals surface area contributed by atoms with Crippen LogP contribution in [0.5, 0.6) is 23.0 Å². The SMILES string of the molecule is CCOc1ccc(NC(=O)COc2c(OC)cccc2OC)cc1. The number of anilines is 1. The zero-order valence-electron chi connectivity index (χ0n) is 14.0. The summed E-state index contributed by atoms with van der Waals surface area (Å²) in [6.45, 7) is 2.35. The zero-order valence-corrected chi connectivity index (χ0v) is 14.0. The molecule has 6 heteroatoms. The van der Waals surface area contributed by atoms with Crippen LogP contribution in [0.1, 0.15) is 6.92 Å². The van der Waals surface area contributed by atoms with Gasteiger partial charge in [-0.25, -0.2) is 0 Å². The van der Waals surface area contributed by atoms with Crippen molar-refractivity contribution in [3.8, 4) is 23.0 Å². The molecule has 0 heterocycles. The molecule has 0 bridgehead atoms. The summed E-state index contributed by atoms with van der Waals surface area (Å²) >= 11 is 0. The topological polar surface area (TPSA) is 66.0 Å². The Morgan fingerprint density at radius 3 is 2.12 bits per heavy atom. The van der Waals surface area contributed by atoms with Gasteiger partial charge in [-0.05, 0) is 43.3 Å². The lowest BCUT2D eigenvalue weighted by Gasteiger charge is -2.14. The number of hydrogen-bond donors (Lipinski definition) is 1. The van der Waals surface area contributed by atoms with E-state index >= 15 is 0 Å². The first-order valence-corrected chi connectivity index (χ1v) is 7.54. The molecular weight excluding hydrogens is 310 g/mol. The van der Waals surface area contributed by atoms with E-state index in [-0.39, 0.29) is 12.5 Å².